The molecular weight excluding hydrogens is 350 g/mol. The Labute approximate surface area is 155 Å². The number of nitrogens with zero attached hydrogens (tertiary/aromatic N) is 2. The third-order valence-corrected chi connectivity index (χ3v) is 6.92. The van der Waals surface area contributed by atoms with Crippen LogP contribution in [0.15, 0.2) is 24.3 Å². The summed E-state index contributed by atoms with van der Waals surface area (Å²) in [7, 11) is -2.89. The van der Waals surface area contributed by atoms with Gasteiger partial charge in [-0.05, 0) is 30.5 Å². The van der Waals surface area contributed by atoms with Gasteiger partial charge in [-0.1, -0.05) is 31.4 Å². The number of amides is 1. The van der Waals surface area contributed by atoms with Gasteiger partial charge >= 0.3 is 0 Å². The van der Waals surface area contributed by atoms with Crippen molar-refractivity contribution in [1.29, 1.82) is 5.26 Å². The molecule has 140 valence electrons. The van der Waals surface area contributed by atoms with Crippen molar-refractivity contribution in [2.75, 3.05) is 24.6 Å². The third-order valence-electron chi connectivity index (χ3n) is 5.31. The van der Waals surface area contributed by atoms with Crippen molar-refractivity contribution >= 4 is 15.7 Å². The number of benzene rings is 1. The van der Waals surface area contributed by atoms with Gasteiger partial charge in [-0.3, -0.25) is 9.69 Å². The third kappa shape index (κ3) is 4.63. The van der Waals surface area contributed by atoms with Gasteiger partial charge in [0.15, 0.2) is 9.84 Å². The second-order valence-electron chi connectivity index (χ2n) is 7.34. The fraction of sp³-hybridized carbons (Fsp3) is 0.579. The van der Waals surface area contributed by atoms with Gasteiger partial charge in [0.25, 0.3) is 5.91 Å². The normalized spacial score (nSPS) is 22.3. The Morgan fingerprint density at radius 3 is 2.54 bits per heavy atom. The summed E-state index contributed by atoms with van der Waals surface area (Å²) in [4.78, 5) is 14.7. The molecule has 0 unspecified atom stereocenters. The second kappa shape index (κ2) is 7.77. The Morgan fingerprint density at radius 2 is 1.88 bits per heavy atom. The molecule has 1 aliphatic carbocycles. The Balaban J connectivity index is 1.65. The fourth-order valence-corrected chi connectivity index (χ4v) is 4.96. The quantitative estimate of drug-likeness (QED) is 0.868. The van der Waals surface area contributed by atoms with Crippen LogP contribution in [-0.2, 0) is 16.4 Å². The van der Waals surface area contributed by atoms with Crippen LogP contribution in [-0.4, -0.2) is 49.4 Å². The molecule has 26 heavy (non-hydrogen) atoms. The topological polar surface area (TPSA) is 90.3 Å². The van der Waals surface area contributed by atoms with Crippen LogP contribution in [0.5, 0.6) is 0 Å². The van der Waals surface area contributed by atoms with Crippen molar-refractivity contribution in [2.45, 2.75) is 44.2 Å². The van der Waals surface area contributed by atoms with Gasteiger partial charge in [0.05, 0.1) is 17.6 Å². The first kappa shape index (κ1) is 18.9. The lowest BCUT2D eigenvalue weighted by Gasteiger charge is -2.31. The molecular formula is C19H25N3O3S. The van der Waals surface area contributed by atoms with Gasteiger partial charge in [-0.25, -0.2) is 8.42 Å². The molecule has 1 saturated carbocycles. The Kier molecular flexibility index (Phi) is 5.64. The van der Waals surface area contributed by atoms with Crippen molar-refractivity contribution < 1.29 is 13.2 Å². The van der Waals surface area contributed by atoms with E-state index in [4.69, 9.17) is 0 Å². The number of nitrogens with one attached hydrogen (secondary N) is 1. The van der Waals surface area contributed by atoms with Crippen LogP contribution in [0.1, 0.15) is 48.0 Å². The minimum Gasteiger partial charge on any atom is -0.334 e. The molecule has 0 atom stereocenters. The number of sulfone groups is 1. The van der Waals surface area contributed by atoms with Crippen molar-refractivity contribution in [3.63, 3.8) is 0 Å². The molecule has 0 radical (unpaired) electrons. The smallest absolute Gasteiger partial charge is 0.252 e. The maximum absolute atomic E-state index is 12.7. The van der Waals surface area contributed by atoms with Crippen molar-refractivity contribution in [3.8, 4) is 6.07 Å². The average Bonchev–Trinajstić information content (AvgIpc) is 2.64. The molecule has 1 aliphatic heterocycles. The molecule has 1 aromatic carbocycles. The molecule has 0 aromatic heterocycles. The van der Waals surface area contributed by atoms with Crippen LogP contribution >= 0.6 is 0 Å². The van der Waals surface area contributed by atoms with E-state index in [0.29, 0.717) is 38.0 Å². The molecule has 1 amide bonds. The molecule has 0 spiro atoms. The molecule has 1 heterocycles. The van der Waals surface area contributed by atoms with Crippen LogP contribution in [0.2, 0.25) is 0 Å². The van der Waals surface area contributed by atoms with Crippen LogP contribution in [0, 0.1) is 11.3 Å². The van der Waals surface area contributed by atoms with E-state index < -0.39 is 15.4 Å². The highest BCUT2D eigenvalue weighted by atomic mass is 32.2. The second-order valence-corrected chi connectivity index (χ2v) is 9.64. The summed E-state index contributed by atoms with van der Waals surface area (Å²) in [5.41, 5.74) is 0.783. The lowest BCUT2D eigenvalue weighted by Crippen LogP contribution is -2.48. The number of nitriles is 1. The van der Waals surface area contributed by atoms with Crippen LogP contribution in [0.3, 0.4) is 0 Å². The number of hydrogen-bond acceptors (Lipinski definition) is 5. The van der Waals surface area contributed by atoms with E-state index in [1.807, 2.05) is 18.2 Å². The zero-order valence-electron chi connectivity index (χ0n) is 14.9. The highest BCUT2D eigenvalue weighted by Gasteiger charge is 2.33. The highest BCUT2D eigenvalue weighted by Crippen LogP contribution is 2.28. The zero-order valence-corrected chi connectivity index (χ0v) is 15.7. The van der Waals surface area contributed by atoms with Gasteiger partial charge in [-0.2, -0.15) is 5.26 Å². The lowest BCUT2D eigenvalue weighted by atomic mass is 9.82. The minimum atomic E-state index is -2.89. The number of carbonyl (C=O) groups is 1. The van der Waals surface area contributed by atoms with Crippen LogP contribution < -0.4 is 5.32 Å². The first-order valence-electron chi connectivity index (χ1n) is 9.17. The van der Waals surface area contributed by atoms with E-state index in [1.54, 1.807) is 6.07 Å². The van der Waals surface area contributed by atoms with E-state index in [0.717, 1.165) is 24.8 Å². The molecule has 2 fully saturated rings. The number of carbonyl (C=O) groups excluding carboxylic acids is 1. The van der Waals surface area contributed by atoms with Crippen LogP contribution in [0.25, 0.3) is 0 Å². The predicted molar refractivity (Wildman–Crippen MR) is 99.3 cm³/mol. The lowest BCUT2D eigenvalue weighted by molar-refractivity contribution is 0.0902. The van der Waals surface area contributed by atoms with E-state index in [2.05, 4.69) is 16.3 Å². The molecule has 1 aromatic rings. The monoisotopic (exact) mass is 375 g/mol. The largest absolute Gasteiger partial charge is 0.334 e. The maximum Gasteiger partial charge on any atom is 0.252 e. The van der Waals surface area contributed by atoms with Crippen molar-refractivity contribution in [2.24, 2.45) is 0 Å². The fourth-order valence-electron chi connectivity index (χ4n) is 3.69. The van der Waals surface area contributed by atoms with E-state index >= 15 is 0 Å². The first-order chi connectivity index (χ1) is 12.4. The Hall–Kier alpha value is -1.91. The summed E-state index contributed by atoms with van der Waals surface area (Å²) in [5, 5.41) is 12.5. The van der Waals surface area contributed by atoms with Gasteiger partial charge in [0, 0.05) is 25.2 Å². The van der Waals surface area contributed by atoms with E-state index in [-0.39, 0.29) is 17.4 Å². The zero-order chi connectivity index (χ0) is 18.6. The Bertz CT molecular complexity index is 794. The summed E-state index contributed by atoms with van der Waals surface area (Å²) < 4.78 is 23.1. The number of rotatable bonds is 4. The SMILES string of the molecule is N#CC1(NC(=O)c2cccc(CN3CCS(=O)(=O)CC3)c2)CCCCC1. The maximum atomic E-state index is 12.7. The molecule has 3 rings (SSSR count). The first-order valence-corrected chi connectivity index (χ1v) is 11.0. The van der Waals surface area contributed by atoms with E-state index in [9.17, 15) is 18.5 Å². The summed E-state index contributed by atoms with van der Waals surface area (Å²) in [6, 6.07) is 9.69. The highest BCUT2D eigenvalue weighted by molar-refractivity contribution is 7.91. The molecule has 1 N–H and O–H groups in total. The van der Waals surface area contributed by atoms with E-state index in [1.165, 1.54) is 0 Å². The summed E-state index contributed by atoms with van der Waals surface area (Å²) in [5.74, 6) is 0.173. The number of hydrogen-bond donors (Lipinski definition) is 1. The average molecular weight is 375 g/mol. The van der Waals surface area contributed by atoms with Gasteiger partial charge < -0.3 is 5.32 Å². The minimum absolute atomic E-state index is 0.192. The summed E-state index contributed by atoms with van der Waals surface area (Å²) in [6.07, 6.45) is 4.45. The molecule has 6 nitrogen and oxygen atoms in total. The predicted octanol–water partition coefficient (Wildman–Crippen LogP) is 1.87. The van der Waals surface area contributed by atoms with Gasteiger partial charge in [0.1, 0.15) is 5.54 Å². The van der Waals surface area contributed by atoms with Crippen LogP contribution in [0.4, 0.5) is 0 Å². The van der Waals surface area contributed by atoms with Crippen molar-refractivity contribution in [3.05, 3.63) is 35.4 Å². The van der Waals surface area contributed by atoms with Crippen molar-refractivity contribution in [1.82, 2.24) is 10.2 Å². The standard InChI is InChI=1S/C19H25N3O3S/c20-15-19(7-2-1-3-8-19)21-18(23)17-6-4-5-16(13-17)14-22-9-11-26(24,25)12-10-22/h4-6,13H,1-3,7-12,14H2,(H,21,23). The summed E-state index contributed by atoms with van der Waals surface area (Å²) >= 11 is 0. The summed E-state index contributed by atoms with van der Waals surface area (Å²) in [6.45, 7) is 1.67. The van der Waals surface area contributed by atoms with Gasteiger partial charge in [-0.15, -0.1) is 0 Å². The molecule has 7 heteroatoms. The molecule has 1 saturated heterocycles. The molecule has 2 aliphatic rings. The van der Waals surface area contributed by atoms with Gasteiger partial charge in [0.2, 0.25) is 0 Å². The Morgan fingerprint density at radius 1 is 1.19 bits per heavy atom. The molecule has 0 bridgehead atoms.